The van der Waals surface area contributed by atoms with E-state index in [1.54, 1.807) is 11.0 Å². The van der Waals surface area contributed by atoms with Crippen LogP contribution in [0.2, 0.25) is 0 Å². The second-order valence-corrected chi connectivity index (χ2v) is 11.1. The molecule has 2 aromatic carbocycles. The summed E-state index contributed by atoms with van der Waals surface area (Å²) >= 11 is 0. The minimum atomic E-state index is -3.66. The first-order chi connectivity index (χ1) is 16.8. The number of benzene rings is 2. The van der Waals surface area contributed by atoms with Crippen LogP contribution in [0.5, 0.6) is 5.75 Å². The number of carbonyl (C=O) groups excluding carboxylic acids is 2. The standard InChI is InChI=1S/C26H33N3O5S/c1-3-34-24-12-11-22(35(32,33)29-13-5-4-6-14-29)16-23(24)27-26(31)21-15-25(30)28(18-21)17-20-9-7-19(2)8-10-20/h7-12,16,21H,3-6,13-15,17-18H2,1-2H3,(H,27,31). The molecular weight excluding hydrogens is 466 g/mol. The quantitative estimate of drug-likeness (QED) is 0.599. The molecule has 2 fully saturated rings. The Balaban J connectivity index is 1.49. The molecule has 9 heteroatoms. The van der Waals surface area contributed by atoms with E-state index in [4.69, 9.17) is 4.74 Å². The number of hydrogen-bond donors (Lipinski definition) is 1. The maximum Gasteiger partial charge on any atom is 0.243 e. The molecule has 0 aromatic heterocycles. The zero-order valence-electron chi connectivity index (χ0n) is 20.3. The van der Waals surface area contributed by atoms with Crippen LogP contribution in [-0.4, -0.2) is 55.7 Å². The van der Waals surface area contributed by atoms with Crippen LogP contribution in [0.4, 0.5) is 5.69 Å². The number of hydrogen-bond acceptors (Lipinski definition) is 5. The number of nitrogens with zero attached hydrogens (tertiary/aromatic N) is 2. The van der Waals surface area contributed by atoms with Crippen molar-refractivity contribution in [1.29, 1.82) is 0 Å². The number of nitrogens with one attached hydrogen (secondary N) is 1. The summed E-state index contributed by atoms with van der Waals surface area (Å²) in [5.74, 6) is -0.514. The van der Waals surface area contributed by atoms with Gasteiger partial charge in [0.05, 0.1) is 23.1 Å². The number of aryl methyl sites for hydroxylation is 1. The summed E-state index contributed by atoms with van der Waals surface area (Å²) in [5.41, 5.74) is 2.46. The van der Waals surface area contributed by atoms with Gasteiger partial charge in [-0.25, -0.2) is 8.42 Å². The van der Waals surface area contributed by atoms with E-state index >= 15 is 0 Å². The Morgan fingerprint density at radius 3 is 2.49 bits per heavy atom. The Bertz CT molecular complexity index is 1170. The molecule has 1 N–H and O–H groups in total. The predicted octanol–water partition coefficient (Wildman–Crippen LogP) is 3.56. The van der Waals surface area contributed by atoms with Gasteiger partial charge in [-0.3, -0.25) is 9.59 Å². The zero-order chi connectivity index (χ0) is 25.0. The number of likely N-dealkylation sites (tertiary alicyclic amines) is 1. The Morgan fingerprint density at radius 1 is 1.09 bits per heavy atom. The molecular formula is C26H33N3O5S. The van der Waals surface area contributed by atoms with Gasteiger partial charge in [-0.05, 0) is 50.5 Å². The Labute approximate surface area is 207 Å². The lowest BCUT2D eigenvalue weighted by Crippen LogP contribution is -2.35. The smallest absolute Gasteiger partial charge is 0.243 e. The van der Waals surface area contributed by atoms with Gasteiger partial charge in [0, 0.05) is 32.6 Å². The largest absolute Gasteiger partial charge is 0.492 e. The van der Waals surface area contributed by atoms with Gasteiger partial charge in [0.2, 0.25) is 21.8 Å². The fourth-order valence-electron chi connectivity index (χ4n) is 4.55. The van der Waals surface area contributed by atoms with Crippen molar-refractivity contribution in [3.63, 3.8) is 0 Å². The van der Waals surface area contributed by atoms with Crippen LogP contribution in [-0.2, 0) is 26.2 Å². The molecule has 2 amide bonds. The topological polar surface area (TPSA) is 96.0 Å². The third-order valence-electron chi connectivity index (χ3n) is 6.54. The van der Waals surface area contributed by atoms with Crippen molar-refractivity contribution < 1.29 is 22.7 Å². The summed E-state index contributed by atoms with van der Waals surface area (Å²) in [6, 6.07) is 12.5. The van der Waals surface area contributed by atoms with Gasteiger partial charge >= 0.3 is 0 Å². The third-order valence-corrected chi connectivity index (χ3v) is 8.44. The van der Waals surface area contributed by atoms with Crippen LogP contribution < -0.4 is 10.1 Å². The number of sulfonamides is 1. The fourth-order valence-corrected chi connectivity index (χ4v) is 6.10. The molecule has 188 valence electrons. The summed E-state index contributed by atoms with van der Waals surface area (Å²) in [5, 5.41) is 2.84. The van der Waals surface area contributed by atoms with Gasteiger partial charge in [0.1, 0.15) is 5.75 Å². The number of amides is 2. The van der Waals surface area contributed by atoms with Crippen LogP contribution in [0, 0.1) is 12.8 Å². The van der Waals surface area contributed by atoms with Crippen molar-refractivity contribution in [1.82, 2.24) is 9.21 Å². The molecule has 2 aromatic rings. The van der Waals surface area contributed by atoms with E-state index in [1.165, 1.54) is 16.4 Å². The lowest BCUT2D eigenvalue weighted by atomic mass is 10.1. The summed E-state index contributed by atoms with van der Waals surface area (Å²) in [7, 11) is -3.66. The first-order valence-corrected chi connectivity index (χ1v) is 13.6. The summed E-state index contributed by atoms with van der Waals surface area (Å²) in [6.45, 7) is 5.96. The normalized spacial score (nSPS) is 19.1. The van der Waals surface area contributed by atoms with Crippen molar-refractivity contribution in [2.45, 2.75) is 51.0 Å². The number of anilines is 1. The third kappa shape index (κ3) is 5.85. The van der Waals surface area contributed by atoms with E-state index in [-0.39, 0.29) is 23.1 Å². The predicted molar refractivity (Wildman–Crippen MR) is 134 cm³/mol. The highest BCUT2D eigenvalue weighted by molar-refractivity contribution is 7.89. The van der Waals surface area contributed by atoms with Gasteiger partial charge in [-0.15, -0.1) is 0 Å². The molecule has 0 radical (unpaired) electrons. The van der Waals surface area contributed by atoms with Crippen LogP contribution in [0.15, 0.2) is 47.4 Å². The monoisotopic (exact) mass is 499 g/mol. The number of ether oxygens (including phenoxy) is 1. The van der Waals surface area contributed by atoms with Gasteiger partial charge in [-0.2, -0.15) is 4.31 Å². The van der Waals surface area contributed by atoms with E-state index in [0.717, 1.165) is 30.4 Å². The fraction of sp³-hybridized carbons (Fsp3) is 0.462. The Kier molecular flexibility index (Phi) is 7.76. The van der Waals surface area contributed by atoms with E-state index in [2.05, 4.69) is 5.32 Å². The summed E-state index contributed by atoms with van der Waals surface area (Å²) < 4.78 is 33.4. The molecule has 1 unspecified atom stereocenters. The van der Waals surface area contributed by atoms with E-state index in [0.29, 0.717) is 44.2 Å². The van der Waals surface area contributed by atoms with Gasteiger partial charge in [0.15, 0.2) is 0 Å². The van der Waals surface area contributed by atoms with Crippen molar-refractivity contribution in [2.75, 3.05) is 31.6 Å². The maximum absolute atomic E-state index is 13.2. The molecule has 0 saturated carbocycles. The second-order valence-electron chi connectivity index (χ2n) is 9.21. The van der Waals surface area contributed by atoms with Gasteiger partial charge in [0.25, 0.3) is 0 Å². The van der Waals surface area contributed by atoms with Gasteiger partial charge in [-0.1, -0.05) is 36.2 Å². The molecule has 0 bridgehead atoms. The molecule has 35 heavy (non-hydrogen) atoms. The molecule has 2 heterocycles. The minimum Gasteiger partial charge on any atom is -0.492 e. The molecule has 0 aliphatic carbocycles. The van der Waals surface area contributed by atoms with Crippen molar-refractivity contribution >= 4 is 27.5 Å². The van der Waals surface area contributed by atoms with Crippen LogP contribution in [0.1, 0.15) is 43.7 Å². The molecule has 8 nitrogen and oxygen atoms in total. The average Bonchev–Trinajstić information content (AvgIpc) is 3.22. The Morgan fingerprint density at radius 2 is 1.80 bits per heavy atom. The first kappa shape index (κ1) is 25.2. The molecule has 1 atom stereocenters. The number of rotatable bonds is 8. The highest BCUT2D eigenvalue weighted by Gasteiger charge is 2.35. The zero-order valence-corrected chi connectivity index (χ0v) is 21.1. The summed E-state index contributed by atoms with van der Waals surface area (Å²) in [4.78, 5) is 27.5. The lowest BCUT2D eigenvalue weighted by molar-refractivity contribution is -0.128. The van der Waals surface area contributed by atoms with Crippen LogP contribution >= 0.6 is 0 Å². The average molecular weight is 500 g/mol. The SMILES string of the molecule is CCOc1ccc(S(=O)(=O)N2CCCCC2)cc1NC(=O)C1CC(=O)N(Cc2ccc(C)cc2)C1. The van der Waals surface area contributed by atoms with E-state index in [1.807, 2.05) is 38.1 Å². The number of piperidine rings is 1. The maximum atomic E-state index is 13.2. The summed E-state index contributed by atoms with van der Waals surface area (Å²) in [6.07, 6.45) is 2.83. The Hall–Kier alpha value is -2.91. The van der Waals surface area contributed by atoms with E-state index < -0.39 is 15.9 Å². The molecule has 2 aliphatic rings. The van der Waals surface area contributed by atoms with Crippen LogP contribution in [0.3, 0.4) is 0 Å². The van der Waals surface area contributed by atoms with Crippen molar-refractivity contribution in [3.05, 3.63) is 53.6 Å². The van der Waals surface area contributed by atoms with Crippen LogP contribution in [0.25, 0.3) is 0 Å². The number of carbonyl (C=O) groups is 2. The highest BCUT2D eigenvalue weighted by Crippen LogP contribution is 2.31. The molecule has 0 spiro atoms. The molecule has 2 aliphatic heterocycles. The second kappa shape index (κ2) is 10.8. The lowest BCUT2D eigenvalue weighted by Gasteiger charge is -2.26. The molecule has 2 saturated heterocycles. The van der Waals surface area contributed by atoms with Gasteiger partial charge < -0.3 is 15.0 Å². The minimum absolute atomic E-state index is 0.0721. The highest BCUT2D eigenvalue weighted by atomic mass is 32.2. The molecule has 4 rings (SSSR count). The van der Waals surface area contributed by atoms with Crippen molar-refractivity contribution in [3.8, 4) is 5.75 Å². The first-order valence-electron chi connectivity index (χ1n) is 12.2. The van der Waals surface area contributed by atoms with E-state index in [9.17, 15) is 18.0 Å². The van der Waals surface area contributed by atoms with Crippen molar-refractivity contribution in [2.24, 2.45) is 5.92 Å².